The van der Waals surface area contributed by atoms with E-state index < -0.39 is 0 Å². The lowest BCUT2D eigenvalue weighted by Gasteiger charge is -2.36. The number of anilines is 4. The molecule has 2 unspecified atom stereocenters. The fraction of sp³-hybridized carbons (Fsp3) is 0.500. The molecule has 1 amide bonds. The van der Waals surface area contributed by atoms with Gasteiger partial charge in [0.1, 0.15) is 16.4 Å². The van der Waals surface area contributed by atoms with E-state index >= 15 is 0 Å². The molecule has 10 nitrogen and oxygen atoms in total. The number of carbonyl (C=O) groups excluding carboxylic acids is 2. The lowest BCUT2D eigenvalue weighted by atomic mass is 9.96. The number of benzene rings is 1. The van der Waals surface area contributed by atoms with Gasteiger partial charge in [0.05, 0.1) is 23.5 Å². The molecule has 228 valence electrons. The molecule has 5 heterocycles. The zero-order chi connectivity index (χ0) is 30.1. The van der Waals surface area contributed by atoms with Gasteiger partial charge in [-0.15, -0.1) is 11.3 Å². The van der Waals surface area contributed by atoms with Crippen LogP contribution in [0.25, 0.3) is 0 Å². The molecular formula is C32H41N7O3S. The number of piperazine rings is 1. The van der Waals surface area contributed by atoms with Gasteiger partial charge in [0.15, 0.2) is 11.6 Å². The van der Waals surface area contributed by atoms with Gasteiger partial charge in [-0.3, -0.25) is 14.5 Å². The molecule has 0 spiro atoms. The van der Waals surface area contributed by atoms with Gasteiger partial charge in [-0.25, -0.2) is 9.97 Å². The Labute approximate surface area is 257 Å². The largest absolute Gasteiger partial charge is 0.492 e. The molecule has 1 aromatic carbocycles. The van der Waals surface area contributed by atoms with Crippen LogP contribution in [0.15, 0.2) is 36.0 Å². The minimum Gasteiger partial charge on any atom is -0.492 e. The first-order chi connectivity index (χ1) is 20.8. The maximum atomic E-state index is 13.5. The molecule has 0 aliphatic carbocycles. The zero-order valence-electron chi connectivity index (χ0n) is 25.5. The fourth-order valence-corrected chi connectivity index (χ4v) is 7.18. The van der Waals surface area contributed by atoms with Crippen molar-refractivity contribution in [3.8, 4) is 5.75 Å². The number of fused-ring (bicyclic) bond motifs is 2. The highest BCUT2D eigenvalue weighted by Crippen LogP contribution is 2.37. The SMILES string of the molecule is CCOc1cc(C(=O)N2CCC(N3CCN(C)CC3)C2)ccc1Nc1cc2c(cn1)CC(C)CC(=O)c1scnc1N2C. The van der Waals surface area contributed by atoms with E-state index in [1.807, 2.05) is 54.2 Å². The predicted octanol–water partition coefficient (Wildman–Crippen LogP) is 4.68. The van der Waals surface area contributed by atoms with Gasteiger partial charge >= 0.3 is 0 Å². The summed E-state index contributed by atoms with van der Waals surface area (Å²) in [5.41, 5.74) is 5.13. The molecule has 0 saturated carbocycles. The van der Waals surface area contributed by atoms with Gasteiger partial charge in [0.25, 0.3) is 5.91 Å². The van der Waals surface area contributed by atoms with Crippen molar-refractivity contribution in [3.05, 3.63) is 52.0 Å². The number of nitrogens with zero attached hydrogens (tertiary/aromatic N) is 6. The first-order valence-corrected chi connectivity index (χ1v) is 16.1. The van der Waals surface area contributed by atoms with Crippen molar-refractivity contribution in [1.82, 2.24) is 24.7 Å². The van der Waals surface area contributed by atoms with Crippen LogP contribution >= 0.6 is 11.3 Å². The lowest BCUT2D eigenvalue weighted by Crippen LogP contribution is -2.50. The number of amides is 1. The highest BCUT2D eigenvalue weighted by Gasteiger charge is 2.32. The summed E-state index contributed by atoms with van der Waals surface area (Å²) in [6.45, 7) is 10.3. The van der Waals surface area contributed by atoms with Crippen LogP contribution in [0.4, 0.5) is 23.0 Å². The van der Waals surface area contributed by atoms with E-state index in [1.165, 1.54) is 11.3 Å². The van der Waals surface area contributed by atoms with Crippen LogP contribution in [-0.4, -0.2) is 102 Å². The van der Waals surface area contributed by atoms with Crippen LogP contribution < -0.4 is 15.0 Å². The number of hydrogen-bond acceptors (Lipinski definition) is 10. The van der Waals surface area contributed by atoms with Crippen molar-refractivity contribution >= 4 is 46.0 Å². The fourth-order valence-electron chi connectivity index (χ4n) is 6.42. The number of likely N-dealkylation sites (tertiary alicyclic amines) is 1. The summed E-state index contributed by atoms with van der Waals surface area (Å²) >= 11 is 1.39. The van der Waals surface area contributed by atoms with Crippen molar-refractivity contribution in [2.24, 2.45) is 5.92 Å². The Kier molecular flexibility index (Phi) is 8.65. The monoisotopic (exact) mass is 603 g/mol. The van der Waals surface area contributed by atoms with Gasteiger partial charge < -0.3 is 24.8 Å². The van der Waals surface area contributed by atoms with Crippen molar-refractivity contribution < 1.29 is 14.3 Å². The number of rotatable bonds is 6. The zero-order valence-corrected chi connectivity index (χ0v) is 26.3. The predicted molar refractivity (Wildman–Crippen MR) is 171 cm³/mol. The smallest absolute Gasteiger partial charge is 0.254 e. The molecule has 0 bridgehead atoms. The maximum Gasteiger partial charge on any atom is 0.254 e. The Bertz CT molecular complexity index is 1490. The molecular weight excluding hydrogens is 562 g/mol. The van der Waals surface area contributed by atoms with Crippen LogP contribution in [0.5, 0.6) is 5.75 Å². The molecule has 2 atom stereocenters. The van der Waals surface area contributed by atoms with Crippen LogP contribution in [0.3, 0.4) is 0 Å². The van der Waals surface area contributed by atoms with Crippen molar-refractivity contribution in [2.75, 3.05) is 70.2 Å². The summed E-state index contributed by atoms with van der Waals surface area (Å²) in [5.74, 6) is 2.31. The molecule has 11 heteroatoms. The third kappa shape index (κ3) is 6.25. The van der Waals surface area contributed by atoms with Gasteiger partial charge in [0, 0.05) is 76.6 Å². The quantitative estimate of drug-likeness (QED) is 0.431. The lowest BCUT2D eigenvalue weighted by molar-refractivity contribution is 0.0754. The van der Waals surface area contributed by atoms with Crippen molar-refractivity contribution in [3.63, 3.8) is 0 Å². The molecule has 2 aromatic heterocycles. The van der Waals surface area contributed by atoms with Crippen molar-refractivity contribution in [2.45, 2.75) is 39.2 Å². The van der Waals surface area contributed by atoms with E-state index in [1.54, 1.807) is 5.51 Å². The minimum atomic E-state index is 0.0452. The average molecular weight is 604 g/mol. The summed E-state index contributed by atoms with van der Waals surface area (Å²) in [5, 5.41) is 3.42. The molecule has 1 N–H and O–H groups in total. The average Bonchev–Trinajstić information content (AvgIpc) is 3.69. The molecule has 2 fully saturated rings. The topological polar surface area (TPSA) is 94.1 Å². The highest BCUT2D eigenvalue weighted by atomic mass is 32.1. The Hall–Kier alpha value is -3.54. The number of ketones is 1. The Morgan fingerprint density at radius 2 is 1.91 bits per heavy atom. The van der Waals surface area contributed by atoms with E-state index in [-0.39, 0.29) is 17.6 Å². The molecule has 6 rings (SSSR count). The number of likely N-dealkylation sites (N-methyl/N-ethyl adjacent to an activating group) is 1. The standard InChI is InChI=1S/C32H41N7O3S/c1-5-42-28-16-22(32(41)39-9-8-24(19-39)38-12-10-36(3)11-13-38)6-7-25(28)35-29-17-26-23(18-33-29)14-21(2)15-27(40)30-31(37(26)4)34-20-43-30/h6-7,16-18,20-21,24H,5,8-15,19H2,1-4H3,(H,33,35). The molecule has 3 aliphatic heterocycles. The van der Waals surface area contributed by atoms with Crippen molar-refractivity contribution in [1.29, 1.82) is 0 Å². The molecule has 0 radical (unpaired) electrons. The summed E-state index contributed by atoms with van der Waals surface area (Å²) in [6, 6.07) is 8.04. The number of pyridine rings is 1. The minimum absolute atomic E-state index is 0.0452. The van der Waals surface area contributed by atoms with E-state index in [4.69, 9.17) is 9.72 Å². The maximum absolute atomic E-state index is 13.5. The van der Waals surface area contributed by atoms with E-state index in [0.717, 1.165) is 69.0 Å². The Morgan fingerprint density at radius 1 is 1.09 bits per heavy atom. The second-order valence-corrected chi connectivity index (χ2v) is 12.9. The third-order valence-electron chi connectivity index (χ3n) is 8.84. The first-order valence-electron chi connectivity index (χ1n) is 15.3. The molecule has 2 saturated heterocycles. The summed E-state index contributed by atoms with van der Waals surface area (Å²) in [4.78, 5) is 45.3. The van der Waals surface area contributed by atoms with Gasteiger partial charge in [-0.05, 0) is 56.5 Å². The number of hydrogen-bond donors (Lipinski definition) is 1. The number of ether oxygens (including phenoxy) is 1. The van der Waals surface area contributed by atoms with Gasteiger partial charge in [0.2, 0.25) is 0 Å². The number of Topliss-reactive ketones (excluding diaryl/α,β-unsaturated/α-hetero) is 1. The first kappa shape index (κ1) is 29.5. The van der Waals surface area contributed by atoms with Crippen LogP contribution in [0.1, 0.15) is 52.3 Å². The summed E-state index contributed by atoms with van der Waals surface area (Å²) in [6.07, 6.45) is 4.14. The van der Waals surface area contributed by atoms with Gasteiger partial charge in [-0.2, -0.15) is 0 Å². The van der Waals surface area contributed by atoms with E-state index in [0.29, 0.717) is 46.9 Å². The third-order valence-corrected chi connectivity index (χ3v) is 9.70. The van der Waals surface area contributed by atoms with E-state index in [2.05, 4.69) is 34.1 Å². The summed E-state index contributed by atoms with van der Waals surface area (Å²) < 4.78 is 6.01. The Balaban J connectivity index is 1.21. The summed E-state index contributed by atoms with van der Waals surface area (Å²) in [7, 11) is 4.11. The number of nitrogens with one attached hydrogen (secondary N) is 1. The number of aromatic nitrogens is 2. The van der Waals surface area contributed by atoms with E-state index in [9.17, 15) is 9.59 Å². The normalized spacial score (nSPS) is 21.5. The van der Waals surface area contributed by atoms with Crippen LogP contribution in [0, 0.1) is 5.92 Å². The van der Waals surface area contributed by atoms with Gasteiger partial charge in [-0.1, -0.05) is 6.92 Å². The number of thiazole rings is 1. The molecule has 43 heavy (non-hydrogen) atoms. The second-order valence-electron chi connectivity index (χ2n) is 12.0. The second kappa shape index (κ2) is 12.6. The Morgan fingerprint density at radius 3 is 2.70 bits per heavy atom. The van der Waals surface area contributed by atoms with Crippen LogP contribution in [0.2, 0.25) is 0 Å². The molecule has 3 aromatic rings. The highest BCUT2D eigenvalue weighted by molar-refractivity contribution is 7.12. The number of carbonyl (C=O) groups is 2. The molecule has 3 aliphatic rings. The van der Waals surface area contributed by atoms with Crippen LogP contribution in [-0.2, 0) is 6.42 Å².